The summed E-state index contributed by atoms with van der Waals surface area (Å²) in [6.07, 6.45) is 7.82. The Labute approximate surface area is 108 Å². The van der Waals surface area contributed by atoms with E-state index < -0.39 is 0 Å². The molecule has 0 radical (unpaired) electrons. The van der Waals surface area contributed by atoms with Crippen molar-refractivity contribution in [2.24, 2.45) is 11.8 Å². The van der Waals surface area contributed by atoms with Gasteiger partial charge in [0.25, 0.3) is 0 Å². The van der Waals surface area contributed by atoms with Gasteiger partial charge in [0.1, 0.15) is 6.33 Å². The topological polar surface area (TPSA) is 37.8 Å². The average molecular weight is 251 g/mol. The highest BCUT2D eigenvalue weighted by molar-refractivity contribution is 5.36. The first-order valence-corrected chi connectivity index (χ1v) is 6.87. The number of aryl methyl sites for hydroxylation is 1. The second kappa shape index (κ2) is 6.12. The molecule has 100 valence electrons. The maximum absolute atomic E-state index is 13.6. The lowest BCUT2D eigenvalue weighted by Crippen LogP contribution is -2.16. The van der Waals surface area contributed by atoms with Crippen LogP contribution in [0.15, 0.2) is 6.33 Å². The summed E-state index contributed by atoms with van der Waals surface area (Å²) in [7, 11) is 0. The van der Waals surface area contributed by atoms with Crippen LogP contribution in [-0.4, -0.2) is 16.5 Å². The quantitative estimate of drug-likeness (QED) is 0.889. The molecule has 4 heteroatoms. The molecule has 1 heterocycles. The fraction of sp³-hybridized carbons (Fsp3) is 0.714. The zero-order valence-electron chi connectivity index (χ0n) is 11.2. The summed E-state index contributed by atoms with van der Waals surface area (Å²) in [5.74, 6) is 1.69. The zero-order valence-corrected chi connectivity index (χ0v) is 11.2. The van der Waals surface area contributed by atoms with Crippen LogP contribution in [0.1, 0.15) is 44.7 Å². The van der Waals surface area contributed by atoms with Gasteiger partial charge in [-0.2, -0.15) is 0 Å². The Morgan fingerprint density at radius 3 is 2.72 bits per heavy atom. The van der Waals surface area contributed by atoms with Gasteiger partial charge in [0, 0.05) is 6.54 Å². The Morgan fingerprint density at radius 2 is 2.00 bits per heavy atom. The molecule has 0 bridgehead atoms. The molecule has 2 rings (SSSR count). The molecular weight excluding hydrogens is 229 g/mol. The van der Waals surface area contributed by atoms with E-state index in [2.05, 4.69) is 22.2 Å². The first kappa shape index (κ1) is 13.2. The molecule has 3 nitrogen and oxygen atoms in total. The number of anilines is 1. The molecule has 0 spiro atoms. The van der Waals surface area contributed by atoms with Crippen molar-refractivity contribution in [3.63, 3.8) is 0 Å². The monoisotopic (exact) mass is 251 g/mol. The number of aromatic nitrogens is 2. The van der Waals surface area contributed by atoms with E-state index in [0.29, 0.717) is 11.5 Å². The van der Waals surface area contributed by atoms with Crippen LogP contribution in [0.3, 0.4) is 0 Å². The van der Waals surface area contributed by atoms with Crippen molar-refractivity contribution in [1.29, 1.82) is 0 Å². The van der Waals surface area contributed by atoms with Crippen molar-refractivity contribution in [1.82, 2.24) is 9.97 Å². The van der Waals surface area contributed by atoms with Gasteiger partial charge in [0.15, 0.2) is 11.6 Å². The molecule has 0 amide bonds. The van der Waals surface area contributed by atoms with Crippen molar-refractivity contribution in [2.75, 3.05) is 11.9 Å². The van der Waals surface area contributed by atoms with Gasteiger partial charge in [-0.05, 0) is 25.2 Å². The van der Waals surface area contributed by atoms with E-state index in [1.807, 2.05) is 0 Å². The van der Waals surface area contributed by atoms with E-state index in [-0.39, 0.29) is 5.82 Å². The third-order valence-corrected chi connectivity index (χ3v) is 3.94. The third kappa shape index (κ3) is 3.40. The Bertz CT molecular complexity index is 387. The van der Waals surface area contributed by atoms with Crippen LogP contribution in [0.5, 0.6) is 0 Å². The van der Waals surface area contributed by atoms with E-state index in [4.69, 9.17) is 0 Å². The third-order valence-electron chi connectivity index (χ3n) is 3.94. The van der Waals surface area contributed by atoms with Gasteiger partial charge in [-0.1, -0.05) is 32.6 Å². The van der Waals surface area contributed by atoms with Crippen molar-refractivity contribution in [2.45, 2.75) is 46.0 Å². The summed E-state index contributed by atoms with van der Waals surface area (Å²) in [5, 5.41) is 3.09. The normalized spacial score (nSPS) is 23.9. The number of rotatable bonds is 4. The molecule has 0 atom stereocenters. The largest absolute Gasteiger partial charge is 0.368 e. The van der Waals surface area contributed by atoms with Crippen molar-refractivity contribution >= 4 is 5.82 Å². The average Bonchev–Trinajstić information content (AvgIpc) is 2.37. The highest BCUT2D eigenvalue weighted by Crippen LogP contribution is 2.30. The minimum atomic E-state index is -0.324. The van der Waals surface area contributed by atoms with E-state index in [0.717, 1.165) is 24.8 Å². The molecule has 1 saturated carbocycles. The van der Waals surface area contributed by atoms with Crippen LogP contribution in [0, 0.1) is 24.6 Å². The summed E-state index contributed by atoms with van der Waals surface area (Å²) in [6.45, 7) is 4.78. The van der Waals surface area contributed by atoms with Gasteiger partial charge in [-0.3, -0.25) is 0 Å². The van der Waals surface area contributed by atoms with E-state index in [1.165, 1.54) is 32.0 Å². The fourth-order valence-electron chi connectivity index (χ4n) is 2.59. The molecule has 1 aliphatic carbocycles. The number of halogens is 1. The van der Waals surface area contributed by atoms with Crippen molar-refractivity contribution < 1.29 is 4.39 Å². The van der Waals surface area contributed by atoms with Crippen LogP contribution in [0.25, 0.3) is 0 Å². The summed E-state index contributed by atoms with van der Waals surface area (Å²) in [5.41, 5.74) is 0.402. The van der Waals surface area contributed by atoms with E-state index in [1.54, 1.807) is 6.92 Å². The van der Waals surface area contributed by atoms with Crippen LogP contribution in [0.2, 0.25) is 0 Å². The van der Waals surface area contributed by atoms with Crippen LogP contribution < -0.4 is 5.32 Å². The highest BCUT2D eigenvalue weighted by atomic mass is 19.1. The Balaban J connectivity index is 1.77. The number of nitrogens with one attached hydrogen (secondary N) is 1. The van der Waals surface area contributed by atoms with E-state index >= 15 is 0 Å². The number of nitrogens with zero attached hydrogens (tertiary/aromatic N) is 2. The van der Waals surface area contributed by atoms with Gasteiger partial charge >= 0.3 is 0 Å². The lowest BCUT2D eigenvalue weighted by Gasteiger charge is -2.26. The summed E-state index contributed by atoms with van der Waals surface area (Å²) < 4.78 is 13.6. The molecule has 0 aliphatic heterocycles. The highest BCUT2D eigenvalue weighted by Gasteiger charge is 2.17. The van der Waals surface area contributed by atoms with Crippen LogP contribution >= 0.6 is 0 Å². The Hall–Kier alpha value is -1.19. The SMILES string of the molecule is Cc1ncnc(NCCC2CCC(C)CC2)c1F. The zero-order chi connectivity index (χ0) is 13.0. The van der Waals surface area contributed by atoms with Gasteiger partial charge in [0.05, 0.1) is 5.69 Å². The molecule has 1 fully saturated rings. The molecule has 0 aromatic carbocycles. The minimum absolute atomic E-state index is 0.324. The standard InChI is InChI=1S/C14H22FN3/c1-10-3-5-12(6-4-10)7-8-16-14-13(15)11(2)17-9-18-14/h9-10,12H,3-8H2,1-2H3,(H,16,17,18). The fourth-order valence-corrected chi connectivity index (χ4v) is 2.59. The summed E-state index contributed by atoms with van der Waals surface area (Å²) in [4.78, 5) is 7.76. The predicted octanol–water partition coefficient (Wildman–Crippen LogP) is 3.55. The number of hydrogen-bond acceptors (Lipinski definition) is 3. The summed E-state index contributed by atoms with van der Waals surface area (Å²) >= 11 is 0. The second-order valence-corrected chi connectivity index (χ2v) is 5.46. The smallest absolute Gasteiger partial charge is 0.186 e. The molecule has 1 N–H and O–H groups in total. The lowest BCUT2D eigenvalue weighted by molar-refractivity contribution is 0.281. The van der Waals surface area contributed by atoms with Crippen molar-refractivity contribution in [3.05, 3.63) is 17.8 Å². The first-order valence-electron chi connectivity index (χ1n) is 6.87. The van der Waals surface area contributed by atoms with Gasteiger partial charge in [-0.15, -0.1) is 0 Å². The second-order valence-electron chi connectivity index (χ2n) is 5.46. The van der Waals surface area contributed by atoms with Crippen LogP contribution in [-0.2, 0) is 0 Å². The molecule has 1 aromatic heterocycles. The number of hydrogen-bond donors (Lipinski definition) is 1. The molecule has 18 heavy (non-hydrogen) atoms. The van der Waals surface area contributed by atoms with Crippen molar-refractivity contribution in [3.8, 4) is 0 Å². The van der Waals surface area contributed by atoms with Gasteiger partial charge < -0.3 is 5.32 Å². The molecule has 0 saturated heterocycles. The maximum atomic E-state index is 13.6. The Kier molecular flexibility index (Phi) is 4.50. The predicted molar refractivity (Wildman–Crippen MR) is 71.0 cm³/mol. The van der Waals surface area contributed by atoms with Crippen LogP contribution in [0.4, 0.5) is 10.2 Å². The molecule has 0 unspecified atom stereocenters. The first-order chi connectivity index (χ1) is 8.66. The minimum Gasteiger partial charge on any atom is -0.368 e. The Morgan fingerprint density at radius 1 is 1.28 bits per heavy atom. The van der Waals surface area contributed by atoms with Gasteiger partial charge in [0.2, 0.25) is 0 Å². The lowest BCUT2D eigenvalue weighted by atomic mass is 9.81. The summed E-state index contributed by atoms with van der Waals surface area (Å²) in [6, 6.07) is 0. The molecule has 1 aromatic rings. The maximum Gasteiger partial charge on any atom is 0.186 e. The van der Waals surface area contributed by atoms with Gasteiger partial charge in [-0.25, -0.2) is 14.4 Å². The molecular formula is C14H22FN3. The van der Waals surface area contributed by atoms with E-state index in [9.17, 15) is 4.39 Å². The molecule has 1 aliphatic rings.